The number of nitrogens with two attached hydrogens (primary N) is 2. The average molecular weight is 217 g/mol. The van der Waals surface area contributed by atoms with E-state index in [4.69, 9.17) is 21.4 Å². The second kappa shape index (κ2) is 8.10. The van der Waals surface area contributed by atoms with E-state index in [1.165, 1.54) is 17.5 Å². The molecule has 0 saturated heterocycles. The van der Waals surface area contributed by atoms with Gasteiger partial charge in [-0.1, -0.05) is 6.08 Å². The Morgan fingerprint density at radius 1 is 1.60 bits per heavy atom. The van der Waals surface area contributed by atoms with Crippen LogP contribution in [-0.4, -0.2) is 41.1 Å². The molecule has 0 rings (SSSR count). The fourth-order valence-electron chi connectivity index (χ4n) is 0.865. The van der Waals surface area contributed by atoms with E-state index in [9.17, 15) is 5.11 Å². The summed E-state index contributed by atoms with van der Waals surface area (Å²) in [5, 5.41) is 19.2. The highest BCUT2D eigenvalue weighted by molar-refractivity contribution is 4.94. The van der Waals surface area contributed by atoms with E-state index in [2.05, 4.69) is 0 Å². The standard InChI is InChI=1S/C9H19N3O3/c1-2-3-15-7-9(14)5-12(11)4-8(10)6-13/h2-4,9,13-14H,5-7,10-11H2,1H3/b3-2+,8-4-. The number of hydrogen-bond donors (Lipinski definition) is 4. The molecule has 0 saturated carbocycles. The van der Waals surface area contributed by atoms with Gasteiger partial charge >= 0.3 is 0 Å². The van der Waals surface area contributed by atoms with Crippen LogP contribution in [0.3, 0.4) is 0 Å². The van der Waals surface area contributed by atoms with Crippen molar-refractivity contribution in [3.05, 3.63) is 24.2 Å². The van der Waals surface area contributed by atoms with Crippen molar-refractivity contribution in [2.24, 2.45) is 11.6 Å². The molecule has 6 heteroatoms. The summed E-state index contributed by atoms with van der Waals surface area (Å²) in [6, 6.07) is 0. The zero-order valence-corrected chi connectivity index (χ0v) is 8.84. The van der Waals surface area contributed by atoms with Gasteiger partial charge in [-0.25, -0.2) is 5.84 Å². The van der Waals surface area contributed by atoms with Crippen LogP contribution in [0.15, 0.2) is 24.2 Å². The van der Waals surface area contributed by atoms with Crippen molar-refractivity contribution in [3.8, 4) is 0 Å². The minimum atomic E-state index is -0.714. The van der Waals surface area contributed by atoms with E-state index in [1.54, 1.807) is 6.08 Å². The van der Waals surface area contributed by atoms with E-state index >= 15 is 0 Å². The van der Waals surface area contributed by atoms with Gasteiger partial charge in [0.25, 0.3) is 0 Å². The minimum absolute atomic E-state index is 0.158. The molecular weight excluding hydrogens is 198 g/mol. The summed E-state index contributed by atoms with van der Waals surface area (Å²) in [7, 11) is 0. The maximum Gasteiger partial charge on any atom is 0.115 e. The Balaban J connectivity index is 3.80. The molecule has 0 aliphatic heterocycles. The van der Waals surface area contributed by atoms with Crippen LogP contribution in [0.5, 0.6) is 0 Å². The third kappa shape index (κ3) is 7.80. The largest absolute Gasteiger partial charge is 0.499 e. The predicted octanol–water partition coefficient (Wildman–Crippen LogP) is -1.13. The highest BCUT2D eigenvalue weighted by atomic mass is 16.5. The third-order valence-corrected chi connectivity index (χ3v) is 1.46. The lowest BCUT2D eigenvalue weighted by atomic mass is 10.3. The molecule has 0 amide bonds. The number of allylic oxidation sites excluding steroid dienone is 1. The zero-order valence-electron chi connectivity index (χ0n) is 8.84. The predicted molar refractivity (Wildman–Crippen MR) is 57.0 cm³/mol. The van der Waals surface area contributed by atoms with Gasteiger partial charge in [-0.05, 0) is 6.92 Å². The number of hydrazine groups is 1. The molecule has 0 radical (unpaired) electrons. The van der Waals surface area contributed by atoms with Crippen molar-refractivity contribution in [2.75, 3.05) is 19.8 Å². The van der Waals surface area contributed by atoms with E-state index in [0.717, 1.165) is 0 Å². The van der Waals surface area contributed by atoms with Gasteiger partial charge in [-0.15, -0.1) is 0 Å². The first-order valence-corrected chi connectivity index (χ1v) is 4.59. The van der Waals surface area contributed by atoms with Gasteiger partial charge in [0.05, 0.1) is 25.1 Å². The Bertz CT molecular complexity index is 219. The van der Waals surface area contributed by atoms with Crippen molar-refractivity contribution < 1.29 is 14.9 Å². The summed E-state index contributed by atoms with van der Waals surface area (Å²) in [5.41, 5.74) is 5.57. The van der Waals surface area contributed by atoms with Crippen LogP contribution in [0.2, 0.25) is 0 Å². The van der Waals surface area contributed by atoms with Crippen molar-refractivity contribution in [1.29, 1.82) is 0 Å². The van der Waals surface area contributed by atoms with Crippen LogP contribution >= 0.6 is 0 Å². The molecule has 15 heavy (non-hydrogen) atoms. The van der Waals surface area contributed by atoms with Crippen molar-refractivity contribution >= 4 is 0 Å². The smallest absolute Gasteiger partial charge is 0.115 e. The van der Waals surface area contributed by atoms with E-state index in [1.807, 2.05) is 6.92 Å². The summed E-state index contributed by atoms with van der Waals surface area (Å²) in [6.07, 6.45) is 3.85. The Morgan fingerprint density at radius 3 is 2.80 bits per heavy atom. The van der Waals surface area contributed by atoms with Crippen molar-refractivity contribution in [2.45, 2.75) is 13.0 Å². The lowest BCUT2D eigenvalue weighted by Crippen LogP contribution is -2.36. The highest BCUT2D eigenvalue weighted by Gasteiger charge is 2.06. The molecule has 0 heterocycles. The molecule has 0 bridgehead atoms. The van der Waals surface area contributed by atoms with Crippen LogP contribution in [0, 0.1) is 0 Å². The van der Waals surface area contributed by atoms with Gasteiger partial charge in [0.1, 0.15) is 12.7 Å². The topological polar surface area (TPSA) is 105 Å². The molecule has 0 aliphatic carbocycles. The first-order chi connectivity index (χ1) is 7.10. The van der Waals surface area contributed by atoms with E-state index in [-0.39, 0.29) is 25.5 Å². The van der Waals surface area contributed by atoms with Crippen LogP contribution in [-0.2, 0) is 4.74 Å². The minimum Gasteiger partial charge on any atom is -0.499 e. The average Bonchev–Trinajstić information content (AvgIpc) is 2.17. The Kier molecular flexibility index (Phi) is 7.43. The molecule has 6 N–H and O–H groups in total. The van der Waals surface area contributed by atoms with Crippen molar-refractivity contribution in [3.63, 3.8) is 0 Å². The second-order valence-corrected chi connectivity index (χ2v) is 3.02. The molecule has 0 aromatic heterocycles. The molecule has 1 atom stereocenters. The van der Waals surface area contributed by atoms with Crippen LogP contribution < -0.4 is 11.6 Å². The summed E-state index contributed by atoms with van der Waals surface area (Å²) >= 11 is 0. The molecular formula is C9H19N3O3. The van der Waals surface area contributed by atoms with Gasteiger partial charge in [-0.3, -0.25) is 0 Å². The fourth-order valence-corrected chi connectivity index (χ4v) is 0.865. The van der Waals surface area contributed by atoms with Gasteiger partial charge in [0.2, 0.25) is 0 Å². The zero-order chi connectivity index (χ0) is 11.7. The van der Waals surface area contributed by atoms with Crippen LogP contribution in [0.4, 0.5) is 0 Å². The lowest BCUT2D eigenvalue weighted by Gasteiger charge is -2.18. The number of hydrogen-bond acceptors (Lipinski definition) is 6. The number of rotatable bonds is 7. The number of aliphatic hydroxyl groups is 2. The Hall–Kier alpha value is -1.24. The fraction of sp³-hybridized carbons (Fsp3) is 0.556. The molecule has 0 aromatic carbocycles. The number of ether oxygens (including phenoxy) is 1. The quantitative estimate of drug-likeness (QED) is 0.244. The summed E-state index contributed by atoms with van der Waals surface area (Å²) in [5.74, 6) is 5.49. The van der Waals surface area contributed by atoms with Crippen molar-refractivity contribution in [1.82, 2.24) is 5.01 Å². The summed E-state index contributed by atoms with van der Waals surface area (Å²) < 4.78 is 4.96. The normalized spacial score (nSPS) is 14.3. The SMILES string of the molecule is C/C=C/OCC(O)CN(N)/C=C(\N)CO. The van der Waals surface area contributed by atoms with Gasteiger partial charge in [0, 0.05) is 6.20 Å². The Labute approximate surface area is 89.4 Å². The van der Waals surface area contributed by atoms with Gasteiger partial charge < -0.3 is 25.7 Å². The number of nitrogens with zero attached hydrogens (tertiary/aromatic N) is 1. The maximum absolute atomic E-state index is 9.42. The molecule has 6 nitrogen and oxygen atoms in total. The molecule has 1 unspecified atom stereocenters. The molecule has 88 valence electrons. The monoisotopic (exact) mass is 217 g/mol. The van der Waals surface area contributed by atoms with E-state index in [0.29, 0.717) is 0 Å². The first kappa shape index (κ1) is 13.8. The van der Waals surface area contributed by atoms with Gasteiger partial charge in [-0.2, -0.15) is 0 Å². The first-order valence-electron chi connectivity index (χ1n) is 4.59. The highest BCUT2D eigenvalue weighted by Crippen LogP contribution is 1.92. The lowest BCUT2D eigenvalue weighted by molar-refractivity contribution is 0.0628. The molecule has 0 aliphatic rings. The summed E-state index contributed by atoms with van der Waals surface area (Å²) in [6.45, 7) is 1.88. The maximum atomic E-state index is 9.42. The molecule has 0 fully saturated rings. The van der Waals surface area contributed by atoms with E-state index < -0.39 is 6.10 Å². The third-order valence-electron chi connectivity index (χ3n) is 1.46. The van der Waals surface area contributed by atoms with Gasteiger partial charge in [0.15, 0.2) is 0 Å². The number of aliphatic hydroxyl groups excluding tert-OH is 2. The second-order valence-electron chi connectivity index (χ2n) is 3.02. The summed E-state index contributed by atoms with van der Waals surface area (Å²) in [4.78, 5) is 0. The molecule has 0 spiro atoms. The Morgan fingerprint density at radius 2 is 2.27 bits per heavy atom. The van der Waals surface area contributed by atoms with Crippen LogP contribution in [0.1, 0.15) is 6.92 Å². The van der Waals surface area contributed by atoms with Crippen LogP contribution in [0.25, 0.3) is 0 Å². The molecule has 0 aromatic rings.